The maximum absolute atomic E-state index is 15.3. The van der Waals surface area contributed by atoms with Gasteiger partial charge in [-0.3, -0.25) is 4.79 Å². The van der Waals surface area contributed by atoms with Crippen molar-refractivity contribution < 1.29 is 14.3 Å². The highest BCUT2D eigenvalue weighted by molar-refractivity contribution is 6.33. The number of aromatic nitrogens is 4. The number of hydrogen-bond acceptors (Lipinski definition) is 7. The number of fused-ring (bicyclic) bond motifs is 1. The third kappa shape index (κ3) is 5.52. The Bertz CT molecular complexity index is 1560. The Hall–Kier alpha value is -3.60. The van der Waals surface area contributed by atoms with Crippen LogP contribution in [0.4, 0.5) is 16.0 Å². The molecule has 0 atom stereocenters. The highest BCUT2D eigenvalue weighted by atomic mass is 35.5. The Morgan fingerprint density at radius 2 is 1.77 bits per heavy atom. The molecule has 9 nitrogen and oxygen atoms in total. The number of anilines is 2. The van der Waals surface area contributed by atoms with Crippen LogP contribution in [-0.2, 0) is 5.60 Å². The zero-order valence-corrected chi connectivity index (χ0v) is 24.0. The summed E-state index contributed by atoms with van der Waals surface area (Å²) >= 11 is 6.47. The molecule has 0 unspecified atom stereocenters. The SMILES string of the molecule is CC(C)n1c(C(C)(C)O)nc2c(F)cc(-c3nc(Nc4ccc(C(=O)N5CCN(C)CC5)cc4)ncc3Cl)cc21. The number of imidazole rings is 1. The summed E-state index contributed by atoms with van der Waals surface area (Å²) < 4.78 is 17.1. The maximum Gasteiger partial charge on any atom is 0.253 e. The summed E-state index contributed by atoms with van der Waals surface area (Å²) in [5.74, 6) is 0.115. The van der Waals surface area contributed by atoms with E-state index in [2.05, 4.69) is 32.2 Å². The van der Waals surface area contributed by atoms with E-state index in [1.807, 2.05) is 23.3 Å². The number of hydrogen-bond donors (Lipinski definition) is 2. The van der Waals surface area contributed by atoms with Gasteiger partial charge < -0.3 is 24.8 Å². The van der Waals surface area contributed by atoms with Crippen molar-refractivity contribution in [3.8, 4) is 11.3 Å². The van der Waals surface area contributed by atoms with Crippen LogP contribution in [0.3, 0.4) is 0 Å². The van der Waals surface area contributed by atoms with Crippen LogP contribution in [0.25, 0.3) is 22.3 Å². The number of carbonyl (C=O) groups excluding carboxylic acids is 1. The Kier molecular flexibility index (Phi) is 7.52. The van der Waals surface area contributed by atoms with Gasteiger partial charge in [-0.1, -0.05) is 11.6 Å². The zero-order chi connectivity index (χ0) is 28.8. The minimum Gasteiger partial charge on any atom is -0.383 e. The topological polar surface area (TPSA) is 99.4 Å². The molecular weight excluding hydrogens is 533 g/mol. The van der Waals surface area contributed by atoms with E-state index in [4.69, 9.17) is 11.6 Å². The van der Waals surface area contributed by atoms with Gasteiger partial charge in [0.1, 0.15) is 16.9 Å². The van der Waals surface area contributed by atoms with E-state index in [9.17, 15) is 9.90 Å². The molecule has 1 amide bonds. The predicted molar refractivity (Wildman–Crippen MR) is 154 cm³/mol. The van der Waals surface area contributed by atoms with Crippen LogP contribution >= 0.6 is 11.6 Å². The summed E-state index contributed by atoms with van der Waals surface area (Å²) in [6, 6.07) is 10.2. The van der Waals surface area contributed by atoms with Gasteiger partial charge in [0.2, 0.25) is 5.95 Å². The van der Waals surface area contributed by atoms with E-state index in [1.165, 1.54) is 12.3 Å². The van der Waals surface area contributed by atoms with Gasteiger partial charge in [-0.05, 0) is 71.1 Å². The number of aliphatic hydroxyl groups is 1. The maximum atomic E-state index is 15.3. The second-order valence-electron chi connectivity index (χ2n) is 11.0. The number of piperazine rings is 1. The third-order valence-electron chi connectivity index (χ3n) is 7.01. The molecular formula is C29H33ClFN7O2. The summed E-state index contributed by atoms with van der Waals surface area (Å²) in [6.45, 7) is 10.3. The molecule has 1 aliphatic rings. The van der Waals surface area contributed by atoms with E-state index < -0.39 is 11.4 Å². The summed E-state index contributed by atoms with van der Waals surface area (Å²) in [6.07, 6.45) is 1.46. The fraction of sp³-hybridized carbons (Fsp3) is 0.379. The second kappa shape index (κ2) is 10.8. The molecule has 0 radical (unpaired) electrons. The first-order valence-electron chi connectivity index (χ1n) is 13.2. The molecule has 0 bridgehead atoms. The fourth-order valence-corrected chi connectivity index (χ4v) is 5.09. The van der Waals surface area contributed by atoms with E-state index in [1.54, 1.807) is 44.2 Å². The van der Waals surface area contributed by atoms with E-state index in [0.29, 0.717) is 46.9 Å². The molecule has 2 aromatic heterocycles. The molecule has 0 aliphatic carbocycles. The molecule has 1 saturated heterocycles. The van der Waals surface area contributed by atoms with Gasteiger partial charge in [0, 0.05) is 49.0 Å². The number of amides is 1. The number of nitrogens with one attached hydrogen (secondary N) is 1. The Morgan fingerprint density at radius 1 is 1.10 bits per heavy atom. The van der Waals surface area contributed by atoms with Crippen LogP contribution in [0.2, 0.25) is 5.02 Å². The second-order valence-corrected chi connectivity index (χ2v) is 11.4. The van der Waals surface area contributed by atoms with Crippen molar-refractivity contribution in [1.29, 1.82) is 0 Å². The summed E-state index contributed by atoms with van der Waals surface area (Å²) in [5.41, 5.74) is 1.56. The largest absolute Gasteiger partial charge is 0.383 e. The van der Waals surface area contributed by atoms with Crippen molar-refractivity contribution in [3.05, 3.63) is 64.8 Å². The number of carbonyl (C=O) groups is 1. The Labute approximate surface area is 237 Å². The van der Waals surface area contributed by atoms with Crippen LogP contribution in [0, 0.1) is 5.82 Å². The molecule has 210 valence electrons. The molecule has 0 saturated carbocycles. The molecule has 11 heteroatoms. The van der Waals surface area contributed by atoms with Crippen LogP contribution in [0.15, 0.2) is 42.6 Å². The lowest BCUT2D eigenvalue weighted by atomic mass is 10.1. The van der Waals surface area contributed by atoms with Gasteiger partial charge in [0.25, 0.3) is 5.91 Å². The lowest BCUT2D eigenvalue weighted by Crippen LogP contribution is -2.47. The van der Waals surface area contributed by atoms with Gasteiger partial charge in [-0.2, -0.15) is 0 Å². The van der Waals surface area contributed by atoms with E-state index in [0.717, 1.165) is 13.1 Å². The fourth-order valence-electron chi connectivity index (χ4n) is 4.89. The van der Waals surface area contributed by atoms with Crippen LogP contribution < -0.4 is 5.32 Å². The lowest BCUT2D eigenvalue weighted by molar-refractivity contribution is 0.0640. The zero-order valence-electron chi connectivity index (χ0n) is 23.2. The number of rotatable bonds is 6. The van der Waals surface area contributed by atoms with Crippen molar-refractivity contribution in [1.82, 2.24) is 29.3 Å². The molecule has 3 heterocycles. The molecule has 4 aromatic rings. The minimum atomic E-state index is -1.26. The highest BCUT2D eigenvalue weighted by Crippen LogP contribution is 2.35. The van der Waals surface area contributed by atoms with Gasteiger partial charge >= 0.3 is 0 Å². The van der Waals surface area contributed by atoms with E-state index >= 15 is 4.39 Å². The summed E-state index contributed by atoms with van der Waals surface area (Å²) in [4.78, 5) is 30.2. The molecule has 1 fully saturated rings. The first kappa shape index (κ1) is 27.9. The van der Waals surface area contributed by atoms with E-state index in [-0.39, 0.29) is 28.4 Å². The quantitative estimate of drug-likeness (QED) is 0.330. The van der Waals surface area contributed by atoms with Crippen molar-refractivity contribution in [3.63, 3.8) is 0 Å². The molecule has 5 rings (SSSR count). The molecule has 1 aliphatic heterocycles. The van der Waals surface area contributed by atoms with Crippen molar-refractivity contribution in [2.24, 2.45) is 0 Å². The van der Waals surface area contributed by atoms with Crippen LogP contribution in [0.1, 0.15) is 49.9 Å². The van der Waals surface area contributed by atoms with Gasteiger partial charge in [0.15, 0.2) is 5.82 Å². The smallest absolute Gasteiger partial charge is 0.253 e. The predicted octanol–water partition coefficient (Wildman–Crippen LogP) is 5.23. The summed E-state index contributed by atoms with van der Waals surface area (Å²) in [5, 5.41) is 14.1. The average molecular weight is 566 g/mol. The average Bonchev–Trinajstić information content (AvgIpc) is 3.32. The monoisotopic (exact) mass is 565 g/mol. The van der Waals surface area contributed by atoms with Crippen molar-refractivity contribution in [2.75, 3.05) is 38.5 Å². The molecule has 0 spiro atoms. The number of likely N-dealkylation sites (N-methyl/N-ethyl adjacent to an activating group) is 1. The summed E-state index contributed by atoms with van der Waals surface area (Å²) in [7, 11) is 2.05. The number of nitrogens with zero attached hydrogens (tertiary/aromatic N) is 6. The van der Waals surface area contributed by atoms with Crippen LogP contribution in [0.5, 0.6) is 0 Å². The first-order chi connectivity index (χ1) is 18.9. The number of halogens is 2. The highest BCUT2D eigenvalue weighted by Gasteiger charge is 2.28. The lowest BCUT2D eigenvalue weighted by Gasteiger charge is -2.32. The molecule has 2 aromatic carbocycles. The van der Waals surface area contributed by atoms with Gasteiger partial charge in [0.05, 0.1) is 22.4 Å². The first-order valence-corrected chi connectivity index (χ1v) is 13.6. The number of benzene rings is 2. The standard InChI is InChI=1S/C29H33ClFN7O2/c1-17(2)38-23-15-19(14-22(31)25(23)34-27(38)29(3,4)40)24-21(30)16-32-28(35-24)33-20-8-6-18(7-9-20)26(39)37-12-10-36(5)11-13-37/h6-9,14-17,40H,10-13H2,1-5H3,(H,32,33,35). The van der Waals surface area contributed by atoms with Gasteiger partial charge in [-0.15, -0.1) is 0 Å². The van der Waals surface area contributed by atoms with Crippen molar-refractivity contribution in [2.45, 2.75) is 39.3 Å². The van der Waals surface area contributed by atoms with Crippen molar-refractivity contribution >= 4 is 40.2 Å². The van der Waals surface area contributed by atoms with Crippen LogP contribution in [-0.4, -0.2) is 73.6 Å². The Balaban J connectivity index is 1.43. The molecule has 2 N–H and O–H groups in total. The van der Waals surface area contributed by atoms with Gasteiger partial charge in [-0.25, -0.2) is 19.3 Å². The minimum absolute atomic E-state index is 0.00970. The molecule has 40 heavy (non-hydrogen) atoms. The third-order valence-corrected chi connectivity index (χ3v) is 7.28. The Morgan fingerprint density at radius 3 is 2.40 bits per heavy atom. The normalized spacial score (nSPS) is 14.8.